The van der Waals surface area contributed by atoms with Crippen LogP contribution in [0.2, 0.25) is 0 Å². The van der Waals surface area contributed by atoms with E-state index in [-0.39, 0.29) is 0 Å². The smallest absolute Gasteiger partial charge is 0.160 e. The van der Waals surface area contributed by atoms with Gasteiger partial charge < -0.3 is 13.7 Å². The second-order valence-electron chi connectivity index (χ2n) is 17.8. The van der Waals surface area contributed by atoms with Gasteiger partial charge in [-0.3, -0.25) is 0 Å². The maximum atomic E-state index is 5.31. The van der Waals surface area contributed by atoms with Crippen molar-refractivity contribution in [1.29, 1.82) is 0 Å². The fourth-order valence-electron chi connectivity index (χ4n) is 10.8. The van der Waals surface area contributed by atoms with Crippen molar-refractivity contribution in [2.45, 2.75) is 0 Å². The third-order valence-corrected chi connectivity index (χ3v) is 13.9. The molecule has 5 nitrogen and oxygen atoms in total. The minimum Gasteiger partial charge on any atom is -0.309 e. The summed E-state index contributed by atoms with van der Waals surface area (Å²) < 4.78 is 7.28. The largest absolute Gasteiger partial charge is 0.309 e. The molecule has 14 rings (SSSR count). The molecule has 0 amide bonds. The van der Waals surface area contributed by atoms with Crippen molar-refractivity contribution in [3.8, 4) is 62.1 Å². The number of para-hydroxylation sites is 4. The van der Waals surface area contributed by atoms with Crippen molar-refractivity contribution in [1.82, 2.24) is 23.7 Å². The molecule has 5 heteroatoms. The number of fused-ring (bicyclic) bond motifs is 9. The Bertz CT molecular complexity index is 3960. The van der Waals surface area contributed by atoms with Crippen molar-refractivity contribution in [3.63, 3.8) is 0 Å². The van der Waals surface area contributed by atoms with Crippen LogP contribution in [-0.2, 0) is 0 Å². The quantitative estimate of drug-likeness (QED) is 0.160. The van der Waals surface area contributed by atoms with E-state index in [2.05, 4.69) is 238 Å². The summed E-state index contributed by atoms with van der Waals surface area (Å²) >= 11 is 0. The fraction of sp³-hybridized carbons (Fsp3) is 0. The lowest BCUT2D eigenvalue weighted by Crippen LogP contribution is -1.99. The van der Waals surface area contributed by atoms with Gasteiger partial charge in [0, 0.05) is 66.1 Å². The van der Waals surface area contributed by atoms with E-state index in [0.717, 1.165) is 67.3 Å². The van der Waals surface area contributed by atoms with Crippen LogP contribution >= 0.6 is 0 Å². The van der Waals surface area contributed by atoms with Gasteiger partial charge in [0.1, 0.15) is 0 Å². The SMILES string of the molecule is c1ccc(-c2cc(-c3ccc(-n4c5ccc(-n6c7ccccc7c7ccccc76)cc5c5cc(-n6c7ccccc7c7ccccc76)ccc54)cc3-c3ccccc3)nc(-c3ccccc3)n2)cc1. The third kappa shape index (κ3) is 6.25. The summed E-state index contributed by atoms with van der Waals surface area (Å²) in [6, 6.07) is 89.3. The van der Waals surface area contributed by atoms with Gasteiger partial charge in [-0.2, -0.15) is 0 Å². The molecule has 0 saturated heterocycles. The molecule has 14 aromatic rings. The topological polar surface area (TPSA) is 40.6 Å². The summed E-state index contributed by atoms with van der Waals surface area (Å²) in [4.78, 5) is 10.4. The molecule has 0 radical (unpaired) electrons. The van der Waals surface area contributed by atoms with Gasteiger partial charge in [-0.1, -0.05) is 170 Å². The molecule has 69 heavy (non-hydrogen) atoms. The molecule has 0 aliphatic heterocycles. The first kappa shape index (κ1) is 38.9. The van der Waals surface area contributed by atoms with Gasteiger partial charge in [0.25, 0.3) is 0 Å². The Kier molecular flexibility index (Phi) is 8.83. The summed E-state index contributed by atoms with van der Waals surface area (Å²) in [7, 11) is 0. The highest BCUT2D eigenvalue weighted by Gasteiger charge is 2.21. The van der Waals surface area contributed by atoms with E-state index in [1.54, 1.807) is 0 Å². The van der Waals surface area contributed by atoms with Crippen molar-refractivity contribution < 1.29 is 0 Å². The first-order chi connectivity index (χ1) is 34.2. The maximum Gasteiger partial charge on any atom is 0.160 e. The average Bonchev–Trinajstić information content (AvgIpc) is 4.06. The average molecular weight is 880 g/mol. The van der Waals surface area contributed by atoms with Crippen LogP contribution in [0, 0.1) is 0 Å². The second-order valence-corrected chi connectivity index (χ2v) is 17.8. The predicted octanol–water partition coefficient (Wildman–Crippen LogP) is 16.4. The minimum atomic E-state index is 0.690. The van der Waals surface area contributed by atoms with Crippen LogP contribution in [0.15, 0.2) is 249 Å². The summed E-state index contributed by atoms with van der Waals surface area (Å²) in [5.41, 5.74) is 17.3. The lowest BCUT2D eigenvalue weighted by Gasteiger charge is -2.16. The summed E-state index contributed by atoms with van der Waals surface area (Å²) in [6.07, 6.45) is 0. The van der Waals surface area contributed by atoms with Crippen LogP contribution in [0.5, 0.6) is 0 Å². The molecule has 0 fully saturated rings. The van der Waals surface area contributed by atoms with E-state index in [4.69, 9.17) is 9.97 Å². The summed E-state index contributed by atoms with van der Waals surface area (Å²) in [5.74, 6) is 0.690. The Balaban J connectivity index is 1.03. The number of aromatic nitrogens is 5. The normalized spacial score (nSPS) is 11.8. The molecular weight excluding hydrogens is 839 g/mol. The lowest BCUT2D eigenvalue weighted by molar-refractivity contribution is 1.16. The van der Waals surface area contributed by atoms with Gasteiger partial charge in [-0.25, -0.2) is 9.97 Å². The Labute approximate surface area is 398 Å². The van der Waals surface area contributed by atoms with Gasteiger partial charge in [-0.05, 0) is 90.0 Å². The zero-order chi connectivity index (χ0) is 45.4. The first-order valence-electron chi connectivity index (χ1n) is 23.5. The van der Waals surface area contributed by atoms with E-state index >= 15 is 0 Å². The molecule has 4 heterocycles. The van der Waals surface area contributed by atoms with Crippen molar-refractivity contribution in [3.05, 3.63) is 249 Å². The summed E-state index contributed by atoms with van der Waals surface area (Å²) in [6.45, 7) is 0. The van der Waals surface area contributed by atoms with Crippen molar-refractivity contribution >= 4 is 65.4 Å². The highest BCUT2D eigenvalue weighted by molar-refractivity contribution is 6.14. The van der Waals surface area contributed by atoms with E-state index < -0.39 is 0 Å². The van der Waals surface area contributed by atoms with Crippen molar-refractivity contribution in [2.75, 3.05) is 0 Å². The molecule has 10 aromatic carbocycles. The number of benzene rings is 10. The van der Waals surface area contributed by atoms with Gasteiger partial charge in [0.2, 0.25) is 0 Å². The van der Waals surface area contributed by atoms with Gasteiger partial charge in [0.15, 0.2) is 5.82 Å². The van der Waals surface area contributed by atoms with Crippen LogP contribution in [-0.4, -0.2) is 23.7 Å². The Morgan fingerprint density at radius 2 is 0.594 bits per heavy atom. The van der Waals surface area contributed by atoms with E-state index in [9.17, 15) is 0 Å². The van der Waals surface area contributed by atoms with Crippen LogP contribution < -0.4 is 0 Å². The first-order valence-corrected chi connectivity index (χ1v) is 23.5. The monoisotopic (exact) mass is 879 g/mol. The highest BCUT2D eigenvalue weighted by Crippen LogP contribution is 2.42. The number of nitrogens with zero attached hydrogens (tertiary/aromatic N) is 5. The molecule has 0 saturated carbocycles. The van der Waals surface area contributed by atoms with E-state index in [1.165, 1.54) is 54.4 Å². The molecule has 322 valence electrons. The summed E-state index contributed by atoms with van der Waals surface area (Å²) in [5, 5.41) is 7.32. The number of rotatable bonds is 7. The third-order valence-electron chi connectivity index (χ3n) is 13.9. The second kappa shape index (κ2) is 15.7. The fourth-order valence-corrected chi connectivity index (χ4v) is 10.8. The van der Waals surface area contributed by atoms with Crippen LogP contribution in [0.4, 0.5) is 0 Å². The van der Waals surface area contributed by atoms with Gasteiger partial charge >= 0.3 is 0 Å². The Morgan fingerprint density at radius 1 is 0.232 bits per heavy atom. The van der Waals surface area contributed by atoms with Crippen molar-refractivity contribution in [2.24, 2.45) is 0 Å². The molecule has 0 unspecified atom stereocenters. The van der Waals surface area contributed by atoms with Crippen LogP contribution in [0.1, 0.15) is 0 Å². The number of hydrogen-bond acceptors (Lipinski definition) is 2. The molecule has 0 spiro atoms. The minimum absolute atomic E-state index is 0.690. The Hall–Kier alpha value is -9.32. The molecule has 4 aromatic heterocycles. The predicted molar refractivity (Wildman–Crippen MR) is 287 cm³/mol. The van der Waals surface area contributed by atoms with E-state index in [1.807, 2.05) is 24.3 Å². The molecule has 0 bridgehead atoms. The number of hydrogen-bond donors (Lipinski definition) is 0. The molecule has 0 N–H and O–H groups in total. The van der Waals surface area contributed by atoms with Crippen LogP contribution in [0.25, 0.3) is 128 Å². The molecular formula is C64H41N5. The zero-order valence-electron chi connectivity index (χ0n) is 37.4. The van der Waals surface area contributed by atoms with E-state index in [0.29, 0.717) is 5.82 Å². The van der Waals surface area contributed by atoms with Gasteiger partial charge in [-0.15, -0.1) is 0 Å². The standard InChI is InChI=1S/C64H41N5/c1-4-18-42(19-5-1)53-38-45(32-35-48(53)57-41-56(43-20-6-2-7-21-43)65-64(66-57)44-22-8-3-9-23-44)69-62-36-33-46(67-58-28-14-10-24-49(58)50-25-11-15-29-59(50)67)39-54(62)55-40-47(34-37-63(55)69)68-60-30-16-12-26-51(60)52-27-13-17-31-61(52)68/h1-41H. The maximum absolute atomic E-state index is 5.31. The highest BCUT2D eigenvalue weighted by atomic mass is 15.0. The molecule has 0 atom stereocenters. The van der Waals surface area contributed by atoms with Crippen LogP contribution in [0.3, 0.4) is 0 Å². The lowest BCUT2D eigenvalue weighted by atomic mass is 9.95. The zero-order valence-corrected chi connectivity index (χ0v) is 37.4. The Morgan fingerprint density at radius 3 is 1.07 bits per heavy atom. The van der Waals surface area contributed by atoms with Gasteiger partial charge in [0.05, 0.1) is 44.5 Å². The molecule has 0 aliphatic rings. The molecule has 0 aliphatic carbocycles.